The summed E-state index contributed by atoms with van der Waals surface area (Å²) in [6.45, 7) is 15.6. The lowest BCUT2D eigenvalue weighted by Crippen LogP contribution is -2.59. The van der Waals surface area contributed by atoms with Crippen LogP contribution >= 0.6 is 0 Å². The third-order valence-corrected chi connectivity index (χ3v) is 10.4. The Morgan fingerprint density at radius 2 is 1.82 bits per heavy atom. The smallest absolute Gasteiger partial charge is 0.302 e. The van der Waals surface area contributed by atoms with E-state index in [1.54, 1.807) is 0 Å². The summed E-state index contributed by atoms with van der Waals surface area (Å²) in [6, 6.07) is 4.27. The zero-order chi connectivity index (χ0) is 17.1. The van der Waals surface area contributed by atoms with Gasteiger partial charge in [-0.3, -0.25) is 4.79 Å². The van der Waals surface area contributed by atoms with Gasteiger partial charge in [-0.2, -0.15) is 5.26 Å². The van der Waals surface area contributed by atoms with Crippen molar-refractivity contribution in [3.8, 4) is 6.07 Å². The molecule has 0 saturated carbocycles. The summed E-state index contributed by atoms with van der Waals surface area (Å²) >= 11 is 0. The molecule has 0 aliphatic rings. The van der Waals surface area contributed by atoms with Crippen LogP contribution < -0.4 is 4.23 Å². The molecule has 5 nitrogen and oxygen atoms in total. The fourth-order valence-electron chi connectivity index (χ4n) is 2.93. The number of carbonyl (C=O) groups excluding carboxylic acids is 1. The second-order valence-corrected chi connectivity index (χ2v) is 17.5. The first-order valence-electron chi connectivity index (χ1n) is 7.52. The molecule has 0 atom stereocenters. The Bertz CT molecular complexity index is 563. The van der Waals surface area contributed by atoms with E-state index in [0.717, 1.165) is 11.4 Å². The van der Waals surface area contributed by atoms with Crippen molar-refractivity contribution in [1.29, 1.82) is 5.26 Å². The number of aromatic amines is 1. The highest BCUT2D eigenvalue weighted by atomic mass is 28.4. The van der Waals surface area contributed by atoms with Crippen LogP contribution in [0.25, 0.3) is 0 Å². The van der Waals surface area contributed by atoms with Crippen LogP contribution in [0, 0.1) is 11.3 Å². The first kappa shape index (κ1) is 18.5. The number of nitriles is 1. The second-order valence-electron chi connectivity index (χ2n) is 7.43. The number of nitrogens with zero attached hydrogens (tertiary/aromatic N) is 2. The molecule has 1 heterocycles. The molecule has 0 amide bonds. The highest BCUT2D eigenvalue weighted by Gasteiger charge is 2.35. The SMILES string of the molecule is CC(=O)OCCc1cc(N([Si](C)(C)C)[Si](C)(C)C)[nH]c1C#N. The summed E-state index contributed by atoms with van der Waals surface area (Å²) in [5, 5.41) is 9.34. The normalized spacial score (nSPS) is 11.9. The predicted octanol–water partition coefficient (Wildman–Crippen LogP) is 3.47. The molecule has 122 valence electrons. The van der Waals surface area contributed by atoms with E-state index >= 15 is 0 Å². The van der Waals surface area contributed by atoms with Crippen molar-refractivity contribution in [2.24, 2.45) is 0 Å². The van der Waals surface area contributed by atoms with Crippen molar-refractivity contribution in [2.45, 2.75) is 52.6 Å². The van der Waals surface area contributed by atoms with Crippen LogP contribution in [-0.2, 0) is 16.0 Å². The Labute approximate surface area is 135 Å². The molecule has 0 aliphatic carbocycles. The minimum absolute atomic E-state index is 0.292. The molecule has 1 N–H and O–H groups in total. The molecule has 0 fully saturated rings. The number of carbonyl (C=O) groups is 1. The van der Waals surface area contributed by atoms with Crippen molar-refractivity contribution in [3.63, 3.8) is 0 Å². The number of nitrogens with one attached hydrogen (secondary N) is 1. The molecule has 1 aromatic rings. The highest BCUT2D eigenvalue weighted by Crippen LogP contribution is 2.29. The van der Waals surface area contributed by atoms with Gasteiger partial charge in [-0.25, -0.2) is 0 Å². The van der Waals surface area contributed by atoms with Crippen LogP contribution in [0.1, 0.15) is 18.2 Å². The summed E-state index contributed by atoms with van der Waals surface area (Å²) in [4.78, 5) is 14.1. The van der Waals surface area contributed by atoms with Gasteiger partial charge < -0.3 is 14.0 Å². The predicted molar refractivity (Wildman–Crippen MR) is 95.0 cm³/mol. The monoisotopic (exact) mass is 337 g/mol. The standard InChI is InChI=1S/C15H27N3O2Si2/c1-12(19)20-9-8-13-10-15(17-14(13)11-16)18(21(2,3)4)22(5,6)7/h10,17H,8-9H2,1-7H3. The molecule has 7 heteroatoms. The molecule has 0 aromatic carbocycles. The molecule has 0 bridgehead atoms. The minimum atomic E-state index is -1.57. The average molecular weight is 338 g/mol. The Balaban J connectivity index is 3.12. The van der Waals surface area contributed by atoms with Crippen molar-refractivity contribution in [2.75, 3.05) is 10.8 Å². The summed E-state index contributed by atoms with van der Waals surface area (Å²) in [6.07, 6.45) is 0.560. The van der Waals surface area contributed by atoms with Crippen LogP contribution in [0.2, 0.25) is 39.3 Å². The molecular weight excluding hydrogens is 310 g/mol. The molecule has 22 heavy (non-hydrogen) atoms. The number of aromatic nitrogens is 1. The van der Waals surface area contributed by atoms with Gasteiger partial charge in [-0.1, -0.05) is 39.3 Å². The van der Waals surface area contributed by atoms with E-state index in [1.807, 2.05) is 0 Å². The van der Waals surface area contributed by atoms with Crippen molar-refractivity contribution in [3.05, 3.63) is 17.3 Å². The first-order chi connectivity index (χ1) is 9.96. The fraction of sp³-hybridized carbons (Fsp3) is 0.600. The lowest BCUT2D eigenvalue weighted by molar-refractivity contribution is -0.140. The molecule has 0 radical (unpaired) electrons. The van der Waals surface area contributed by atoms with E-state index in [-0.39, 0.29) is 5.97 Å². The van der Waals surface area contributed by atoms with E-state index < -0.39 is 16.5 Å². The van der Waals surface area contributed by atoms with Gasteiger partial charge in [0.1, 0.15) is 28.2 Å². The first-order valence-corrected chi connectivity index (χ1v) is 14.4. The molecule has 1 aromatic heterocycles. The zero-order valence-corrected chi connectivity index (χ0v) is 16.7. The third kappa shape index (κ3) is 4.75. The maximum absolute atomic E-state index is 10.9. The molecule has 0 unspecified atom stereocenters. The summed E-state index contributed by atoms with van der Waals surface area (Å²) < 4.78 is 7.53. The van der Waals surface area contributed by atoms with Crippen LogP contribution in [0.15, 0.2) is 6.07 Å². The number of H-pyrrole nitrogens is 1. The zero-order valence-electron chi connectivity index (χ0n) is 14.7. The fourth-order valence-corrected chi connectivity index (χ4v) is 12.7. The Kier molecular flexibility index (Phi) is 5.65. The number of ether oxygens (including phenoxy) is 1. The van der Waals surface area contributed by atoms with Gasteiger partial charge in [-0.15, -0.1) is 0 Å². The van der Waals surface area contributed by atoms with Crippen LogP contribution in [-0.4, -0.2) is 34.0 Å². The summed E-state index contributed by atoms with van der Waals surface area (Å²) in [5.41, 5.74) is 1.49. The summed E-state index contributed by atoms with van der Waals surface area (Å²) in [7, 11) is -3.13. The quantitative estimate of drug-likeness (QED) is 0.637. The van der Waals surface area contributed by atoms with E-state index in [4.69, 9.17) is 4.74 Å². The van der Waals surface area contributed by atoms with Gasteiger partial charge in [0.2, 0.25) is 0 Å². The molecule has 0 aliphatic heterocycles. The maximum atomic E-state index is 10.9. The molecule has 0 saturated heterocycles. The number of hydrogen-bond acceptors (Lipinski definition) is 4. The second kappa shape index (κ2) is 6.71. The number of esters is 1. The number of hydrogen-bond donors (Lipinski definition) is 1. The highest BCUT2D eigenvalue weighted by molar-refractivity contribution is 6.99. The Hall–Kier alpha value is -1.53. The van der Waals surface area contributed by atoms with Gasteiger partial charge in [0.15, 0.2) is 0 Å². The van der Waals surface area contributed by atoms with Crippen LogP contribution in [0.3, 0.4) is 0 Å². The Morgan fingerprint density at radius 3 is 2.23 bits per heavy atom. The van der Waals surface area contributed by atoms with Gasteiger partial charge in [0.05, 0.1) is 12.4 Å². The third-order valence-electron chi connectivity index (χ3n) is 3.26. The van der Waals surface area contributed by atoms with Crippen molar-refractivity contribution >= 4 is 28.3 Å². The van der Waals surface area contributed by atoms with E-state index in [2.05, 4.69) is 60.6 Å². The average Bonchev–Trinajstić information content (AvgIpc) is 2.67. The van der Waals surface area contributed by atoms with Crippen LogP contribution in [0.5, 0.6) is 0 Å². The molecule has 1 rings (SSSR count). The Morgan fingerprint density at radius 1 is 1.27 bits per heavy atom. The minimum Gasteiger partial charge on any atom is -0.466 e. The van der Waals surface area contributed by atoms with E-state index in [0.29, 0.717) is 18.7 Å². The lowest BCUT2D eigenvalue weighted by atomic mass is 10.2. The molecular formula is C15H27N3O2Si2. The molecule has 0 spiro atoms. The summed E-state index contributed by atoms with van der Waals surface area (Å²) in [5.74, 6) is 0.743. The van der Waals surface area contributed by atoms with E-state index in [1.165, 1.54) is 6.92 Å². The lowest BCUT2D eigenvalue weighted by Gasteiger charge is -2.44. The van der Waals surface area contributed by atoms with Crippen molar-refractivity contribution < 1.29 is 9.53 Å². The number of rotatable bonds is 6. The topological polar surface area (TPSA) is 69.1 Å². The van der Waals surface area contributed by atoms with Gasteiger partial charge in [0, 0.05) is 13.3 Å². The van der Waals surface area contributed by atoms with Gasteiger partial charge >= 0.3 is 5.97 Å². The maximum Gasteiger partial charge on any atom is 0.302 e. The number of anilines is 1. The van der Waals surface area contributed by atoms with Gasteiger partial charge in [0.25, 0.3) is 0 Å². The van der Waals surface area contributed by atoms with Crippen LogP contribution in [0.4, 0.5) is 5.82 Å². The largest absolute Gasteiger partial charge is 0.466 e. The van der Waals surface area contributed by atoms with Gasteiger partial charge in [-0.05, 0) is 11.6 Å². The van der Waals surface area contributed by atoms with Crippen molar-refractivity contribution in [1.82, 2.24) is 4.98 Å². The van der Waals surface area contributed by atoms with E-state index in [9.17, 15) is 10.1 Å².